The molecule has 0 aliphatic carbocycles. The van der Waals surface area contributed by atoms with Crippen molar-refractivity contribution in [2.24, 2.45) is 0 Å². The van der Waals surface area contributed by atoms with Crippen molar-refractivity contribution in [1.29, 1.82) is 0 Å². The first-order chi connectivity index (χ1) is 10.8. The van der Waals surface area contributed by atoms with Crippen molar-refractivity contribution in [3.8, 4) is 0 Å². The lowest BCUT2D eigenvalue weighted by Gasteiger charge is -2.33. The molecule has 0 spiro atoms. The Labute approximate surface area is 132 Å². The lowest BCUT2D eigenvalue weighted by atomic mass is 10.1. The van der Waals surface area contributed by atoms with E-state index in [1.807, 2.05) is 17.9 Å². The van der Waals surface area contributed by atoms with E-state index < -0.39 is 0 Å². The highest BCUT2D eigenvalue weighted by Crippen LogP contribution is 2.17. The Morgan fingerprint density at radius 2 is 2.00 bits per heavy atom. The minimum atomic E-state index is -0.197. The number of ether oxygens (including phenoxy) is 1. The van der Waals surface area contributed by atoms with Gasteiger partial charge in [-0.05, 0) is 25.5 Å². The molecule has 3 rings (SSSR count). The fourth-order valence-electron chi connectivity index (χ4n) is 3.24. The summed E-state index contributed by atoms with van der Waals surface area (Å²) in [4.78, 5) is 17.1. The van der Waals surface area contributed by atoms with Crippen LogP contribution < -0.4 is 10.2 Å². The number of rotatable bonds is 2. The summed E-state index contributed by atoms with van der Waals surface area (Å²) in [7, 11) is 0. The maximum atomic E-state index is 12.7. The molecule has 1 N–H and O–H groups in total. The van der Waals surface area contributed by atoms with Gasteiger partial charge >= 0.3 is 0 Å². The van der Waals surface area contributed by atoms with Gasteiger partial charge in [0.15, 0.2) is 0 Å². The van der Waals surface area contributed by atoms with Gasteiger partial charge in [0.2, 0.25) is 5.91 Å². The van der Waals surface area contributed by atoms with E-state index in [0.29, 0.717) is 6.61 Å². The smallest absolute Gasteiger partial charge is 0.242 e. The number of hydrogen-bond donors (Lipinski definition) is 1. The molecule has 120 valence electrons. The summed E-state index contributed by atoms with van der Waals surface area (Å²) in [5, 5.41) is 3.30. The molecule has 0 unspecified atom stereocenters. The summed E-state index contributed by atoms with van der Waals surface area (Å²) < 4.78 is 5.60. The van der Waals surface area contributed by atoms with Crippen LogP contribution in [0.5, 0.6) is 0 Å². The number of anilines is 1. The molecule has 22 heavy (non-hydrogen) atoms. The third-order valence-corrected chi connectivity index (χ3v) is 4.51. The minimum Gasteiger partial charge on any atom is -0.375 e. The van der Waals surface area contributed by atoms with Crippen LogP contribution in [0, 0.1) is 0 Å². The Hall–Kier alpha value is -1.59. The zero-order valence-electron chi connectivity index (χ0n) is 13.2. The third kappa shape index (κ3) is 3.42. The van der Waals surface area contributed by atoms with Crippen LogP contribution >= 0.6 is 0 Å². The summed E-state index contributed by atoms with van der Waals surface area (Å²) in [5.41, 5.74) is 1.24. The molecule has 2 aliphatic rings. The summed E-state index contributed by atoms with van der Waals surface area (Å²) in [5.74, 6) is 0.183. The van der Waals surface area contributed by atoms with E-state index in [1.165, 1.54) is 5.69 Å². The molecular weight excluding hydrogens is 278 g/mol. The molecule has 5 heteroatoms. The van der Waals surface area contributed by atoms with E-state index in [4.69, 9.17) is 4.74 Å². The lowest BCUT2D eigenvalue weighted by molar-refractivity contribution is -0.139. The molecule has 2 saturated heterocycles. The van der Waals surface area contributed by atoms with Gasteiger partial charge in [-0.2, -0.15) is 0 Å². The van der Waals surface area contributed by atoms with Crippen LogP contribution in [-0.4, -0.2) is 62.3 Å². The van der Waals surface area contributed by atoms with E-state index in [1.54, 1.807) is 0 Å². The van der Waals surface area contributed by atoms with Crippen LogP contribution in [0.3, 0.4) is 0 Å². The summed E-state index contributed by atoms with van der Waals surface area (Å²) in [6, 6.07) is 10.2. The van der Waals surface area contributed by atoms with Crippen molar-refractivity contribution in [2.45, 2.75) is 25.5 Å². The average Bonchev–Trinajstić information content (AvgIpc) is 2.81. The van der Waals surface area contributed by atoms with Crippen molar-refractivity contribution >= 4 is 11.6 Å². The highest BCUT2D eigenvalue weighted by atomic mass is 16.5. The van der Waals surface area contributed by atoms with Gasteiger partial charge in [-0.25, -0.2) is 0 Å². The highest BCUT2D eigenvalue weighted by molar-refractivity contribution is 5.82. The number of carbonyl (C=O) groups excluding carboxylic acids is 1. The minimum absolute atomic E-state index is 0.0465. The van der Waals surface area contributed by atoms with Gasteiger partial charge in [0.1, 0.15) is 6.04 Å². The number of carbonyl (C=O) groups is 1. The molecule has 0 saturated carbocycles. The highest BCUT2D eigenvalue weighted by Gasteiger charge is 2.32. The monoisotopic (exact) mass is 303 g/mol. The second-order valence-electron chi connectivity index (χ2n) is 6.01. The van der Waals surface area contributed by atoms with E-state index in [-0.39, 0.29) is 18.1 Å². The number of morpholine rings is 1. The standard InChI is InChI=1S/C17H25N3O2/c1-14-16(18-8-13-22-14)17(21)20-10-5-9-19(11-12-20)15-6-3-2-4-7-15/h2-4,6-7,14,16,18H,5,8-13H2,1H3/t14-,16+/m1/s1. The van der Waals surface area contributed by atoms with Crippen LogP contribution in [0.25, 0.3) is 0 Å². The molecule has 0 bridgehead atoms. The van der Waals surface area contributed by atoms with Gasteiger partial charge < -0.3 is 19.9 Å². The van der Waals surface area contributed by atoms with E-state index in [9.17, 15) is 4.79 Å². The summed E-state index contributed by atoms with van der Waals surface area (Å²) in [6.07, 6.45) is 0.956. The molecule has 1 amide bonds. The van der Waals surface area contributed by atoms with Gasteiger partial charge in [0.25, 0.3) is 0 Å². The Kier molecular flexibility index (Phi) is 4.95. The number of benzene rings is 1. The van der Waals surface area contributed by atoms with Gasteiger partial charge in [-0.1, -0.05) is 18.2 Å². The fourth-order valence-corrected chi connectivity index (χ4v) is 3.24. The molecule has 2 fully saturated rings. The van der Waals surface area contributed by atoms with Crippen LogP contribution in [0.2, 0.25) is 0 Å². The molecule has 5 nitrogen and oxygen atoms in total. The fraction of sp³-hybridized carbons (Fsp3) is 0.588. The van der Waals surface area contributed by atoms with Crippen LogP contribution in [0.4, 0.5) is 5.69 Å². The van der Waals surface area contributed by atoms with E-state index in [2.05, 4.69) is 34.5 Å². The Bertz CT molecular complexity index is 494. The number of para-hydroxylation sites is 1. The second kappa shape index (κ2) is 7.11. The Morgan fingerprint density at radius 3 is 2.77 bits per heavy atom. The van der Waals surface area contributed by atoms with Crippen LogP contribution in [0.15, 0.2) is 30.3 Å². The van der Waals surface area contributed by atoms with Crippen molar-refractivity contribution in [2.75, 3.05) is 44.2 Å². The average molecular weight is 303 g/mol. The first-order valence-corrected chi connectivity index (χ1v) is 8.19. The molecular formula is C17H25N3O2. The van der Waals surface area contributed by atoms with Crippen molar-refractivity contribution in [3.63, 3.8) is 0 Å². The predicted molar refractivity (Wildman–Crippen MR) is 87.1 cm³/mol. The quantitative estimate of drug-likeness (QED) is 0.889. The number of nitrogens with zero attached hydrogens (tertiary/aromatic N) is 2. The number of amides is 1. The van der Waals surface area contributed by atoms with Crippen LogP contribution in [0.1, 0.15) is 13.3 Å². The van der Waals surface area contributed by atoms with Gasteiger partial charge in [-0.3, -0.25) is 4.79 Å². The predicted octanol–water partition coefficient (Wildman–Crippen LogP) is 1.10. The Balaban J connectivity index is 1.61. The van der Waals surface area contributed by atoms with Crippen molar-refractivity contribution < 1.29 is 9.53 Å². The molecule has 0 radical (unpaired) electrons. The lowest BCUT2D eigenvalue weighted by Crippen LogP contribution is -2.56. The third-order valence-electron chi connectivity index (χ3n) is 4.51. The van der Waals surface area contributed by atoms with E-state index in [0.717, 1.165) is 39.1 Å². The number of hydrogen-bond acceptors (Lipinski definition) is 4. The molecule has 1 aromatic rings. The molecule has 1 aromatic carbocycles. The van der Waals surface area contributed by atoms with Gasteiger partial charge in [0.05, 0.1) is 12.7 Å². The normalized spacial score (nSPS) is 26.6. The first kappa shape index (κ1) is 15.3. The maximum Gasteiger partial charge on any atom is 0.242 e. The zero-order chi connectivity index (χ0) is 15.4. The van der Waals surface area contributed by atoms with E-state index >= 15 is 0 Å². The maximum absolute atomic E-state index is 12.7. The summed E-state index contributed by atoms with van der Waals surface area (Å²) >= 11 is 0. The van der Waals surface area contributed by atoms with Crippen molar-refractivity contribution in [1.82, 2.24) is 10.2 Å². The van der Waals surface area contributed by atoms with Gasteiger partial charge in [0, 0.05) is 38.4 Å². The summed E-state index contributed by atoms with van der Waals surface area (Å²) in [6.45, 7) is 6.90. The molecule has 0 aromatic heterocycles. The zero-order valence-corrected chi connectivity index (χ0v) is 13.2. The molecule has 2 atom stereocenters. The van der Waals surface area contributed by atoms with Gasteiger partial charge in [-0.15, -0.1) is 0 Å². The molecule has 2 aliphatic heterocycles. The first-order valence-electron chi connectivity index (χ1n) is 8.19. The second-order valence-corrected chi connectivity index (χ2v) is 6.01. The topological polar surface area (TPSA) is 44.8 Å². The Morgan fingerprint density at radius 1 is 1.18 bits per heavy atom. The van der Waals surface area contributed by atoms with Crippen molar-refractivity contribution in [3.05, 3.63) is 30.3 Å². The largest absolute Gasteiger partial charge is 0.375 e. The SMILES string of the molecule is C[C@H]1OCCN[C@@H]1C(=O)N1CCCN(c2ccccc2)CC1. The van der Waals surface area contributed by atoms with Crippen LogP contribution in [-0.2, 0) is 9.53 Å². The molecule has 2 heterocycles. The number of nitrogens with one attached hydrogen (secondary N) is 1.